The maximum Gasteiger partial charge on any atom is 0.250 e. The number of hydrazone groups is 1. The Morgan fingerprint density at radius 3 is 2.81 bits per heavy atom. The molecule has 26 heavy (non-hydrogen) atoms. The number of nitrogens with one attached hydrogen (secondary N) is 1. The second-order valence-electron chi connectivity index (χ2n) is 4.94. The Bertz CT molecular complexity index is 932. The van der Waals surface area contributed by atoms with Gasteiger partial charge in [0, 0.05) is 23.0 Å². The number of carbonyl (C=O) groups is 1. The zero-order valence-electron chi connectivity index (χ0n) is 13.2. The summed E-state index contributed by atoms with van der Waals surface area (Å²) in [7, 11) is 0. The number of hydrogen-bond acceptors (Lipinski definition) is 6. The molecule has 0 unspecified atom stereocenters. The highest BCUT2D eigenvalue weighted by molar-refractivity contribution is 7.99. The van der Waals surface area contributed by atoms with Crippen LogP contribution in [-0.4, -0.2) is 27.8 Å². The molecule has 0 atom stereocenters. The van der Waals surface area contributed by atoms with Gasteiger partial charge in [0.1, 0.15) is 11.5 Å². The number of furan rings is 1. The molecule has 6 nitrogen and oxygen atoms in total. The number of hydrogen-bond donors (Lipinski definition) is 1. The van der Waals surface area contributed by atoms with Crippen LogP contribution in [0.15, 0.2) is 63.5 Å². The minimum atomic E-state index is -0.272. The van der Waals surface area contributed by atoms with E-state index in [2.05, 4.69) is 20.5 Å². The van der Waals surface area contributed by atoms with Gasteiger partial charge in [-0.2, -0.15) is 5.10 Å². The van der Waals surface area contributed by atoms with Crippen LogP contribution in [-0.2, 0) is 4.79 Å². The van der Waals surface area contributed by atoms with E-state index in [1.807, 2.05) is 0 Å². The minimum absolute atomic E-state index is 0.158. The Morgan fingerprint density at radius 1 is 1.23 bits per heavy atom. The number of benzene rings is 1. The predicted octanol–water partition coefficient (Wildman–Crippen LogP) is 4.29. The number of thioether (sulfide) groups is 1. The van der Waals surface area contributed by atoms with Crippen molar-refractivity contribution >= 4 is 47.1 Å². The molecule has 3 aromatic rings. The molecule has 2 aromatic heterocycles. The summed E-state index contributed by atoms with van der Waals surface area (Å²) >= 11 is 13.3. The topological polar surface area (TPSA) is 80.4 Å². The lowest BCUT2D eigenvalue weighted by atomic mass is 10.2. The van der Waals surface area contributed by atoms with E-state index in [4.69, 9.17) is 27.6 Å². The van der Waals surface area contributed by atoms with Crippen molar-refractivity contribution in [3.05, 3.63) is 64.6 Å². The molecule has 0 bridgehead atoms. The molecule has 132 valence electrons. The third-order valence-corrected chi connectivity index (χ3v) is 4.50. The summed E-state index contributed by atoms with van der Waals surface area (Å²) in [4.78, 5) is 19.8. The van der Waals surface area contributed by atoms with Crippen molar-refractivity contribution in [3.63, 3.8) is 0 Å². The number of halogens is 2. The molecule has 1 N–H and O–H groups in total. The minimum Gasteiger partial charge on any atom is -0.455 e. The van der Waals surface area contributed by atoms with Crippen LogP contribution in [0.2, 0.25) is 10.0 Å². The van der Waals surface area contributed by atoms with Crippen molar-refractivity contribution in [2.75, 3.05) is 5.75 Å². The van der Waals surface area contributed by atoms with Crippen molar-refractivity contribution in [3.8, 4) is 11.3 Å². The third kappa shape index (κ3) is 5.08. The summed E-state index contributed by atoms with van der Waals surface area (Å²) in [5, 5.41) is 5.44. The van der Waals surface area contributed by atoms with Crippen LogP contribution in [0.5, 0.6) is 0 Å². The molecule has 0 aliphatic heterocycles. The molecule has 2 heterocycles. The number of rotatable bonds is 6. The lowest BCUT2D eigenvalue weighted by molar-refractivity contribution is -0.118. The van der Waals surface area contributed by atoms with Gasteiger partial charge in [-0.25, -0.2) is 15.4 Å². The molecule has 9 heteroatoms. The number of aromatic nitrogens is 2. The number of carbonyl (C=O) groups excluding carboxylic acids is 1. The average Bonchev–Trinajstić information content (AvgIpc) is 3.09. The summed E-state index contributed by atoms with van der Waals surface area (Å²) < 4.78 is 5.65. The summed E-state index contributed by atoms with van der Waals surface area (Å²) in [6, 6.07) is 10.3. The Labute approximate surface area is 163 Å². The lowest BCUT2D eigenvalue weighted by Gasteiger charge is -2.00. The fourth-order valence-corrected chi connectivity index (χ4v) is 3.04. The van der Waals surface area contributed by atoms with Gasteiger partial charge in [-0.1, -0.05) is 35.0 Å². The molecule has 0 saturated carbocycles. The quantitative estimate of drug-likeness (QED) is 0.286. The molecule has 1 aromatic carbocycles. The lowest BCUT2D eigenvalue weighted by Crippen LogP contribution is -2.19. The molecule has 0 fully saturated rings. The fourth-order valence-electron chi connectivity index (χ4n) is 1.95. The summed E-state index contributed by atoms with van der Waals surface area (Å²) in [6.07, 6.45) is 4.65. The van der Waals surface area contributed by atoms with E-state index in [1.165, 1.54) is 18.0 Å². The van der Waals surface area contributed by atoms with Gasteiger partial charge < -0.3 is 4.42 Å². The zero-order valence-corrected chi connectivity index (χ0v) is 15.6. The molecule has 0 spiro atoms. The average molecular weight is 407 g/mol. The van der Waals surface area contributed by atoms with Gasteiger partial charge in [0.2, 0.25) is 0 Å². The molecule has 0 saturated heterocycles. The van der Waals surface area contributed by atoms with E-state index < -0.39 is 0 Å². The third-order valence-electron chi connectivity index (χ3n) is 3.08. The maximum absolute atomic E-state index is 11.7. The van der Waals surface area contributed by atoms with Crippen molar-refractivity contribution in [1.82, 2.24) is 15.4 Å². The Kier molecular flexibility index (Phi) is 6.27. The Hall–Kier alpha value is -2.35. The van der Waals surface area contributed by atoms with E-state index >= 15 is 0 Å². The van der Waals surface area contributed by atoms with Crippen molar-refractivity contribution in [1.29, 1.82) is 0 Å². The number of amides is 1. The second kappa shape index (κ2) is 8.84. The van der Waals surface area contributed by atoms with E-state index in [9.17, 15) is 4.79 Å². The highest BCUT2D eigenvalue weighted by Gasteiger charge is 2.08. The number of nitrogens with zero attached hydrogens (tertiary/aromatic N) is 3. The largest absolute Gasteiger partial charge is 0.455 e. The van der Waals surface area contributed by atoms with Crippen LogP contribution in [0.1, 0.15) is 5.76 Å². The molecular formula is C17H12Cl2N4O2S. The van der Waals surface area contributed by atoms with Gasteiger partial charge in [0.15, 0.2) is 5.16 Å². The van der Waals surface area contributed by atoms with Gasteiger partial charge in [-0.05, 0) is 36.4 Å². The van der Waals surface area contributed by atoms with Crippen LogP contribution < -0.4 is 5.43 Å². The second-order valence-corrected chi connectivity index (χ2v) is 6.73. The Balaban J connectivity index is 1.54. The standard InChI is InChI=1S/C17H12Cl2N4O2S/c18-11-2-4-13(14(19)8-11)15-5-3-12(25-15)9-22-23-16(24)10-26-17-20-6-1-7-21-17/h1-9H,10H2,(H,23,24)/b22-9-. The fraction of sp³-hybridized carbons (Fsp3) is 0.0588. The van der Waals surface area contributed by atoms with E-state index in [1.54, 1.807) is 48.8 Å². The summed E-state index contributed by atoms with van der Waals surface area (Å²) in [5.41, 5.74) is 3.14. The Morgan fingerprint density at radius 2 is 2.04 bits per heavy atom. The molecule has 0 aliphatic carbocycles. The first-order valence-electron chi connectivity index (χ1n) is 7.39. The summed E-state index contributed by atoms with van der Waals surface area (Å²) in [5.74, 6) is 0.943. The van der Waals surface area contributed by atoms with Crippen molar-refractivity contribution in [2.45, 2.75) is 5.16 Å². The monoisotopic (exact) mass is 406 g/mol. The molecular weight excluding hydrogens is 395 g/mol. The van der Waals surface area contributed by atoms with Gasteiger partial charge >= 0.3 is 0 Å². The smallest absolute Gasteiger partial charge is 0.250 e. The molecule has 1 amide bonds. The van der Waals surface area contributed by atoms with Crippen molar-refractivity contribution < 1.29 is 9.21 Å². The van der Waals surface area contributed by atoms with E-state index in [-0.39, 0.29) is 11.7 Å². The van der Waals surface area contributed by atoms with Crippen LogP contribution in [0, 0.1) is 0 Å². The molecule has 3 rings (SSSR count). The van der Waals surface area contributed by atoms with Crippen LogP contribution in [0.4, 0.5) is 0 Å². The molecule has 0 aliphatic rings. The summed E-state index contributed by atoms with van der Waals surface area (Å²) in [6.45, 7) is 0. The first-order chi connectivity index (χ1) is 12.6. The predicted molar refractivity (Wildman–Crippen MR) is 103 cm³/mol. The highest BCUT2D eigenvalue weighted by atomic mass is 35.5. The first kappa shape index (κ1) is 18.4. The van der Waals surface area contributed by atoms with Crippen LogP contribution in [0.3, 0.4) is 0 Å². The van der Waals surface area contributed by atoms with E-state index in [0.717, 1.165) is 5.56 Å². The van der Waals surface area contributed by atoms with Gasteiger partial charge in [-0.3, -0.25) is 4.79 Å². The van der Waals surface area contributed by atoms with Gasteiger partial charge in [-0.15, -0.1) is 0 Å². The molecule has 0 radical (unpaired) electrons. The SMILES string of the molecule is O=C(CSc1ncccn1)N/N=C\c1ccc(-c2ccc(Cl)cc2Cl)o1. The normalized spacial score (nSPS) is 11.0. The van der Waals surface area contributed by atoms with Gasteiger partial charge in [0.05, 0.1) is 17.0 Å². The van der Waals surface area contributed by atoms with Gasteiger partial charge in [0.25, 0.3) is 5.91 Å². The van der Waals surface area contributed by atoms with Crippen LogP contribution >= 0.6 is 35.0 Å². The van der Waals surface area contributed by atoms with Crippen molar-refractivity contribution in [2.24, 2.45) is 5.10 Å². The zero-order chi connectivity index (χ0) is 18.4. The maximum atomic E-state index is 11.7. The van der Waals surface area contributed by atoms with Crippen LogP contribution in [0.25, 0.3) is 11.3 Å². The first-order valence-corrected chi connectivity index (χ1v) is 9.13. The highest BCUT2D eigenvalue weighted by Crippen LogP contribution is 2.31. The van der Waals surface area contributed by atoms with E-state index in [0.29, 0.717) is 26.7 Å².